The van der Waals surface area contributed by atoms with Crippen LogP contribution in [-0.4, -0.2) is 4.98 Å². The largest absolute Gasteiger partial charge is 0.464 e. The van der Waals surface area contributed by atoms with E-state index in [1.54, 1.807) is 18.5 Å². The second kappa shape index (κ2) is 4.90. The van der Waals surface area contributed by atoms with Crippen LogP contribution in [0.25, 0.3) is 22.5 Å². The molecule has 3 rings (SSSR count). The van der Waals surface area contributed by atoms with E-state index in [1.165, 1.54) is 0 Å². The maximum atomic E-state index is 9.36. The van der Waals surface area contributed by atoms with Crippen LogP contribution < -0.4 is 5.73 Å². The van der Waals surface area contributed by atoms with E-state index in [4.69, 9.17) is 10.2 Å². The summed E-state index contributed by atoms with van der Waals surface area (Å²) in [5.74, 6) is 0.813. The van der Waals surface area contributed by atoms with Crippen LogP contribution in [0.15, 0.2) is 59.3 Å². The van der Waals surface area contributed by atoms with Gasteiger partial charge in [-0.3, -0.25) is 0 Å². The van der Waals surface area contributed by atoms with Gasteiger partial charge in [-0.05, 0) is 17.7 Å². The molecule has 0 aliphatic rings. The fraction of sp³-hybridized carbons (Fsp3) is 0. The van der Waals surface area contributed by atoms with E-state index in [2.05, 4.69) is 11.1 Å². The lowest BCUT2D eigenvalue weighted by atomic mass is 9.96. The van der Waals surface area contributed by atoms with Crippen molar-refractivity contribution in [3.63, 3.8) is 0 Å². The summed E-state index contributed by atoms with van der Waals surface area (Å²) in [4.78, 5) is 4.11. The first-order valence-corrected chi connectivity index (χ1v) is 6.09. The molecule has 0 atom stereocenters. The van der Waals surface area contributed by atoms with E-state index in [9.17, 15) is 5.26 Å². The molecule has 2 aromatic heterocycles. The van der Waals surface area contributed by atoms with Crippen molar-refractivity contribution in [3.05, 3.63) is 60.5 Å². The third kappa shape index (κ3) is 1.91. The molecule has 20 heavy (non-hydrogen) atoms. The summed E-state index contributed by atoms with van der Waals surface area (Å²) in [6, 6.07) is 15.4. The number of furan rings is 1. The minimum Gasteiger partial charge on any atom is -0.464 e. The van der Waals surface area contributed by atoms with Gasteiger partial charge in [0.1, 0.15) is 23.2 Å². The van der Waals surface area contributed by atoms with E-state index < -0.39 is 0 Å². The molecule has 1 aromatic carbocycles. The van der Waals surface area contributed by atoms with Crippen LogP contribution in [0.3, 0.4) is 0 Å². The van der Waals surface area contributed by atoms with Crippen LogP contribution in [-0.2, 0) is 0 Å². The third-order valence-corrected chi connectivity index (χ3v) is 3.07. The summed E-state index contributed by atoms with van der Waals surface area (Å²) >= 11 is 0. The predicted octanol–water partition coefficient (Wildman–Crippen LogP) is 3.46. The molecule has 0 amide bonds. The van der Waals surface area contributed by atoms with Gasteiger partial charge < -0.3 is 10.2 Å². The van der Waals surface area contributed by atoms with E-state index >= 15 is 0 Å². The number of hydrogen-bond acceptors (Lipinski definition) is 4. The lowest BCUT2D eigenvalue weighted by molar-refractivity contribution is 0.582. The molecule has 96 valence electrons. The third-order valence-electron chi connectivity index (χ3n) is 3.07. The van der Waals surface area contributed by atoms with Crippen molar-refractivity contribution in [1.29, 1.82) is 5.26 Å². The van der Waals surface area contributed by atoms with Crippen molar-refractivity contribution in [2.24, 2.45) is 0 Å². The lowest BCUT2D eigenvalue weighted by Crippen LogP contribution is -1.99. The van der Waals surface area contributed by atoms with Gasteiger partial charge in [-0.2, -0.15) is 5.26 Å². The number of hydrogen-bond donors (Lipinski definition) is 1. The van der Waals surface area contributed by atoms with E-state index in [0.717, 1.165) is 11.1 Å². The zero-order chi connectivity index (χ0) is 13.9. The maximum absolute atomic E-state index is 9.36. The molecule has 0 radical (unpaired) electrons. The summed E-state index contributed by atoms with van der Waals surface area (Å²) in [6.07, 6.45) is 3.24. The summed E-state index contributed by atoms with van der Waals surface area (Å²) in [6.45, 7) is 0. The summed E-state index contributed by atoms with van der Waals surface area (Å²) < 4.78 is 5.44. The molecule has 0 saturated heterocycles. The van der Waals surface area contributed by atoms with Crippen LogP contribution in [0.2, 0.25) is 0 Å². The van der Waals surface area contributed by atoms with Gasteiger partial charge in [0.05, 0.1) is 6.26 Å². The summed E-state index contributed by atoms with van der Waals surface area (Å²) in [5, 5.41) is 9.36. The lowest BCUT2D eigenvalue weighted by Gasteiger charge is -2.10. The number of benzene rings is 1. The Kier molecular flexibility index (Phi) is 2.94. The van der Waals surface area contributed by atoms with Gasteiger partial charge in [0.25, 0.3) is 0 Å². The Morgan fingerprint density at radius 2 is 1.90 bits per heavy atom. The molecule has 4 nitrogen and oxygen atoms in total. The van der Waals surface area contributed by atoms with Crippen molar-refractivity contribution in [2.45, 2.75) is 0 Å². The van der Waals surface area contributed by atoms with Gasteiger partial charge >= 0.3 is 0 Å². The molecule has 4 heteroatoms. The number of nitrogens with zero attached hydrogens (tertiary/aromatic N) is 2. The zero-order valence-electron chi connectivity index (χ0n) is 10.6. The van der Waals surface area contributed by atoms with Crippen molar-refractivity contribution in [1.82, 2.24) is 4.98 Å². The molecule has 0 unspecified atom stereocenters. The summed E-state index contributed by atoms with van der Waals surface area (Å²) in [7, 11) is 0. The minimum atomic E-state index is 0.207. The minimum absolute atomic E-state index is 0.207. The van der Waals surface area contributed by atoms with Crippen molar-refractivity contribution >= 4 is 5.82 Å². The number of nitrogens with two attached hydrogens (primary N) is 1. The number of nitriles is 1. The van der Waals surface area contributed by atoms with Crippen LogP contribution >= 0.6 is 0 Å². The smallest absolute Gasteiger partial charge is 0.142 e. The average Bonchev–Trinajstić information content (AvgIpc) is 3.01. The summed E-state index contributed by atoms with van der Waals surface area (Å²) in [5.41, 5.74) is 8.61. The van der Waals surface area contributed by atoms with Crippen molar-refractivity contribution in [3.8, 4) is 28.5 Å². The van der Waals surface area contributed by atoms with Gasteiger partial charge in [-0.1, -0.05) is 30.3 Å². The molecular weight excluding hydrogens is 250 g/mol. The average molecular weight is 261 g/mol. The second-order valence-corrected chi connectivity index (χ2v) is 4.26. The normalized spacial score (nSPS) is 10.2. The fourth-order valence-corrected chi connectivity index (χ4v) is 2.15. The highest BCUT2D eigenvalue weighted by atomic mass is 16.3. The van der Waals surface area contributed by atoms with Gasteiger partial charge in [0.2, 0.25) is 0 Å². The molecule has 0 bridgehead atoms. The van der Waals surface area contributed by atoms with Crippen LogP contribution in [0, 0.1) is 11.3 Å². The number of nitrogen functional groups attached to an aromatic ring is 1. The predicted molar refractivity (Wildman–Crippen MR) is 76.5 cm³/mol. The Bertz CT molecular complexity index is 771. The zero-order valence-corrected chi connectivity index (χ0v) is 10.6. The van der Waals surface area contributed by atoms with E-state index in [0.29, 0.717) is 16.9 Å². The molecule has 2 N–H and O–H groups in total. The van der Waals surface area contributed by atoms with Gasteiger partial charge in [-0.25, -0.2) is 4.98 Å². The first kappa shape index (κ1) is 12.0. The Labute approximate surface area is 116 Å². The molecule has 0 spiro atoms. The molecular formula is C16H11N3O. The monoisotopic (exact) mass is 261 g/mol. The highest BCUT2D eigenvalue weighted by Gasteiger charge is 2.18. The number of pyridine rings is 1. The standard InChI is InChI=1S/C16H11N3O/c17-9-12-15(14-7-4-8-20-14)13(10-19-16(12)18)11-5-2-1-3-6-11/h1-8,10H,(H2,18,19). The number of anilines is 1. The molecule has 0 fully saturated rings. The van der Waals surface area contributed by atoms with E-state index in [-0.39, 0.29) is 5.82 Å². The molecule has 0 aliphatic heterocycles. The maximum Gasteiger partial charge on any atom is 0.142 e. The van der Waals surface area contributed by atoms with Gasteiger partial charge in [0.15, 0.2) is 0 Å². The SMILES string of the molecule is N#Cc1c(N)ncc(-c2ccccc2)c1-c1ccco1. The Morgan fingerprint density at radius 1 is 1.10 bits per heavy atom. The van der Waals surface area contributed by atoms with Gasteiger partial charge in [0, 0.05) is 17.3 Å². The Morgan fingerprint density at radius 3 is 2.55 bits per heavy atom. The highest BCUT2D eigenvalue weighted by Crippen LogP contribution is 2.36. The molecule has 0 saturated carbocycles. The second-order valence-electron chi connectivity index (χ2n) is 4.26. The van der Waals surface area contributed by atoms with Crippen LogP contribution in [0.5, 0.6) is 0 Å². The Hall–Kier alpha value is -3.06. The molecule has 3 aromatic rings. The number of rotatable bonds is 2. The fourth-order valence-electron chi connectivity index (χ4n) is 2.15. The van der Waals surface area contributed by atoms with E-state index in [1.807, 2.05) is 36.4 Å². The van der Waals surface area contributed by atoms with Crippen molar-refractivity contribution < 1.29 is 4.42 Å². The van der Waals surface area contributed by atoms with Crippen molar-refractivity contribution in [2.75, 3.05) is 5.73 Å². The molecule has 0 aliphatic carbocycles. The highest BCUT2D eigenvalue weighted by molar-refractivity contribution is 5.87. The first-order chi connectivity index (χ1) is 9.81. The van der Waals surface area contributed by atoms with Crippen LogP contribution in [0.1, 0.15) is 5.56 Å². The first-order valence-electron chi connectivity index (χ1n) is 6.09. The van der Waals surface area contributed by atoms with Crippen LogP contribution in [0.4, 0.5) is 5.82 Å². The quantitative estimate of drug-likeness (QED) is 0.766. The topological polar surface area (TPSA) is 75.8 Å². The van der Waals surface area contributed by atoms with Gasteiger partial charge in [-0.15, -0.1) is 0 Å². The number of aromatic nitrogens is 1. The Balaban J connectivity index is 2.34. The molecule has 2 heterocycles.